The lowest BCUT2D eigenvalue weighted by atomic mass is 10.2. The van der Waals surface area contributed by atoms with Crippen molar-refractivity contribution in [1.29, 1.82) is 0 Å². The quantitative estimate of drug-likeness (QED) is 0.463. The van der Waals surface area contributed by atoms with E-state index in [1.54, 1.807) is 6.07 Å². The number of alkyl halides is 6. The van der Waals surface area contributed by atoms with Gasteiger partial charge in [-0.3, -0.25) is 0 Å². The molecule has 0 fully saturated rings. The molecule has 0 atom stereocenters. The van der Waals surface area contributed by atoms with Crippen LogP contribution in [0.1, 0.15) is 11.3 Å². The number of fused-ring (bicyclic) bond motifs is 1. The second kappa shape index (κ2) is 6.72. The van der Waals surface area contributed by atoms with Gasteiger partial charge in [0.15, 0.2) is 11.5 Å². The van der Waals surface area contributed by atoms with E-state index in [2.05, 4.69) is 15.3 Å². The fraction of sp³-hybridized carbons (Fsp3) is 0.125. The minimum Gasteiger partial charge on any atom is -0.336 e. The maximum Gasteiger partial charge on any atom is 0.437 e. The van der Waals surface area contributed by atoms with Crippen LogP contribution < -0.4 is 5.32 Å². The Morgan fingerprint density at radius 1 is 0.778 bits per heavy atom. The Balaban J connectivity index is 2.14. The van der Waals surface area contributed by atoms with E-state index in [4.69, 9.17) is 23.2 Å². The van der Waals surface area contributed by atoms with Crippen LogP contribution in [0.5, 0.6) is 0 Å². The van der Waals surface area contributed by atoms with Crippen molar-refractivity contribution < 1.29 is 26.3 Å². The maximum absolute atomic E-state index is 13.3. The predicted molar refractivity (Wildman–Crippen MR) is 89.3 cm³/mol. The number of benzene rings is 2. The number of para-hydroxylation sites is 2. The lowest BCUT2D eigenvalue weighted by Gasteiger charge is -2.17. The molecule has 11 heteroatoms. The third-order valence-electron chi connectivity index (χ3n) is 3.45. The van der Waals surface area contributed by atoms with E-state index in [0.29, 0.717) is 12.1 Å². The highest BCUT2D eigenvalue weighted by atomic mass is 35.5. The number of hydrogen-bond acceptors (Lipinski definition) is 3. The number of hydrogen-bond donors (Lipinski definition) is 1. The third-order valence-corrected chi connectivity index (χ3v) is 4.05. The molecule has 0 amide bonds. The lowest BCUT2D eigenvalue weighted by Crippen LogP contribution is -2.14. The number of anilines is 2. The van der Waals surface area contributed by atoms with Crippen LogP contribution in [-0.2, 0) is 12.4 Å². The van der Waals surface area contributed by atoms with Gasteiger partial charge in [-0.05, 0) is 24.3 Å². The maximum atomic E-state index is 13.3. The van der Waals surface area contributed by atoms with E-state index in [1.165, 1.54) is 18.2 Å². The first-order valence-corrected chi connectivity index (χ1v) is 7.89. The molecule has 2 aromatic carbocycles. The zero-order valence-electron chi connectivity index (χ0n) is 12.9. The third kappa shape index (κ3) is 4.03. The van der Waals surface area contributed by atoms with Crippen molar-refractivity contribution in [2.24, 2.45) is 0 Å². The van der Waals surface area contributed by atoms with Crippen LogP contribution in [-0.4, -0.2) is 9.97 Å². The first kappa shape index (κ1) is 19.5. The molecule has 142 valence electrons. The number of aromatic nitrogens is 2. The monoisotopic (exact) mass is 425 g/mol. The highest BCUT2D eigenvalue weighted by Crippen LogP contribution is 2.41. The SMILES string of the molecule is FC(F)(F)c1cc(Cl)c(Nc2nc3ccccc3nc2C(F)(F)F)c(Cl)c1. The van der Waals surface area contributed by atoms with Gasteiger partial charge in [0.05, 0.1) is 32.3 Å². The minimum absolute atomic E-state index is 0.0000109. The Bertz CT molecular complexity index is 994. The van der Waals surface area contributed by atoms with Crippen molar-refractivity contribution in [2.75, 3.05) is 5.32 Å². The fourth-order valence-corrected chi connectivity index (χ4v) is 2.84. The molecule has 0 bridgehead atoms. The summed E-state index contributed by atoms with van der Waals surface area (Å²) < 4.78 is 78.4. The second-order valence-corrected chi connectivity index (χ2v) is 6.16. The van der Waals surface area contributed by atoms with E-state index >= 15 is 0 Å². The van der Waals surface area contributed by atoms with Crippen LogP contribution in [0.15, 0.2) is 36.4 Å². The van der Waals surface area contributed by atoms with Gasteiger partial charge < -0.3 is 5.32 Å². The van der Waals surface area contributed by atoms with E-state index in [1.807, 2.05) is 0 Å². The molecule has 1 N–H and O–H groups in total. The Morgan fingerprint density at radius 2 is 1.30 bits per heavy atom. The molecule has 1 heterocycles. The number of nitrogens with zero attached hydrogens (tertiary/aromatic N) is 2. The smallest absolute Gasteiger partial charge is 0.336 e. The number of halogens is 8. The topological polar surface area (TPSA) is 37.8 Å². The molecular weight excluding hydrogens is 419 g/mol. The molecule has 0 unspecified atom stereocenters. The van der Waals surface area contributed by atoms with E-state index in [9.17, 15) is 26.3 Å². The molecule has 3 nitrogen and oxygen atoms in total. The van der Waals surface area contributed by atoms with Gasteiger partial charge in [0.2, 0.25) is 0 Å². The Hall–Kier alpha value is -2.26. The predicted octanol–water partition coefficient (Wildman–Crippen LogP) is 6.72. The normalized spacial score (nSPS) is 12.4. The molecule has 1 aromatic heterocycles. The standard InChI is InChI=1S/C16H7Cl2F6N3/c17-8-5-7(15(19,20)21)6-9(18)12(8)27-14-13(16(22,23)24)25-10-3-1-2-4-11(10)26-14/h1-6H,(H,26,27). The fourth-order valence-electron chi connectivity index (χ4n) is 2.26. The number of rotatable bonds is 2. The van der Waals surface area contributed by atoms with Gasteiger partial charge in [-0.15, -0.1) is 0 Å². The van der Waals surface area contributed by atoms with Crippen LogP contribution >= 0.6 is 23.2 Å². The minimum atomic E-state index is -4.87. The molecule has 3 aromatic rings. The van der Waals surface area contributed by atoms with Gasteiger partial charge in [0.1, 0.15) is 0 Å². The van der Waals surface area contributed by atoms with Crippen LogP contribution in [0.2, 0.25) is 10.0 Å². The van der Waals surface area contributed by atoms with Gasteiger partial charge in [-0.25, -0.2) is 9.97 Å². The van der Waals surface area contributed by atoms with Crippen molar-refractivity contribution in [3.05, 3.63) is 57.7 Å². The summed E-state index contributed by atoms with van der Waals surface area (Å²) in [6.45, 7) is 0. The van der Waals surface area contributed by atoms with E-state index in [0.717, 1.165) is 0 Å². The van der Waals surface area contributed by atoms with Crippen molar-refractivity contribution in [1.82, 2.24) is 9.97 Å². The molecule has 0 aliphatic carbocycles. The first-order chi connectivity index (χ1) is 12.5. The molecule has 0 aliphatic heterocycles. The summed E-state index contributed by atoms with van der Waals surface area (Å²) >= 11 is 11.6. The molecule has 0 saturated heterocycles. The van der Waals surface area contributed by atoms with Crippen LogP contribution in [0, 0.1) is 0 Å². The molecule has 0 spiro atoms. The zero-order chi connectivity index (χ0) is 20.0. The average Bonchev–Trinajstić information content (AvgIpc) is 2.55. The lowest BCUT2D eigenvalue weighted by molar-refractivity contribution is -0.140. The molecular formula is C16H7Cl2F6N3. The Morgan fingerprint density at radius 3 is 1.78 bits per heavy atom. The summed E-state index contributed by atoms with van der Waals surface area (Å²) in [4.78, 5) is 7.40. The first-order valence-electron chi connectivity index (χ1n) is 7.14. The molecule has 27 heavy (non-hydrogen) atoms. The summed E-state index contributed by atoms with van der Waals surface area (Å²) in [5.41, 5.74) is -2.69. The van der Waals surface area contributed by atoms with Gasteiger partial charge in [-0.2, -0.15) is 26.3 Å². The molecule has 0 radical (unpaired) electrons. The van der Waals surface area contributed by atoms with Crippen LogP contribution in [0.25, 0.3) is 11.0 Å². The van der Waals surface area contributed by atoms with E-state index in [-0.39, 0.29) is 16.7 Å². The summed E-state index contributed by atoms with van der Waals surface area (Å²) in [5.74, 6) is -0.732. The number of nitrogens with one attached hydrogen (secondary N) is 1. The molecule has 0 saturated carbocycles. The van der Waals surface area contributed by atoms with Crippen molar-refractivity contribution in [3.8, 4) is 0 Å². The van der Waals surface area contributed by atoms with Crippen molar-refractivity contribution >= 4 is 45.7 Å². The highest BCUT2D eigenvalue weighted by molar-refractivity contribution is 6.39. The Kier molecular flexibility index (Phi) is 4.85. The van der Waals surface area contributed by atoms with Gasteiger partial charge in [0, 0.05) is 0 Å². The van der Waals surface area contributed by atoms with Gasteiger partial charge >= 0.3 is 12.4 Å². The average molecular weight is 426 g/mol. The Labute approximate surface area is 157 Å². The zero-order valence-corrected chi connectivity index (χ0v) is 14.4. The second-order valence-electron chi connectivity index (χ2n) is 5.34. The van der Waals surface area contributed by atoms with Gasteiger partial charge in [0.25, 0.3) is 0 Å². The van der Waals surface area contributed by atoms with Gasteiger partial charge in [-0.1, -0.05) is 35.3 Å². The molecule has 3 rings (SSSR count). The summed E-state index contributed by atoms with van der Waals surface area (Å²) in [5, 5.41) is 1.23. The van der Waals surface area contributed by atoms with E-state index < -0.39 is 39.5 Å². The van der Waals surface area contributed by atoms with Crippen molar-refractivity contribution in [3.63, 3.8) is 0 Å². The summed E-state index contributed by atoms with van der Waals surface area (Å²) in [6.07, 6.45) is -9.59. The summed E-state index contributed by atoms with van der Waals surface area (Å²) in [6, 6.07) is 6.93. The largest absolute Gasteiger partial charge is 0.437 e. The summed E-state index contributed by atoms with van der Waals surface area (Å²) in [7, 11) is 0. The highest BCUT2D eigenvalue weighted by Gasteiger charge is 2.38. The van der Waals surface area contributed by atoms with Crippen LogP contribution in [0.3, 0.4) is 0 Å². The molecule has 0 aliphatic rings. The van der Waals surface area contributed by atoms with Crippen molar-refractivity contribution in [2.45, 2.75) is 12.4 Å². The van der Waals surface area contributed by atoms with Crippen LogP contribution in [0.4, 0.5) is 37.8 Å².